The highest BCUT2D eigenvalue weighted by Crippen LogP contribution is 2.15. The molecular weight excluding hydrogens is 392 g/mol. The third kappa shape index (κ3) is 4.49. The van der Waals surface area contributed by atoms with Crippen LogP contribution in [0.3, 0.4) is 0 Å². The van der Waals surface area contributed by atoms with Crippen molar-refractivity contribution in [3.63, 3.8) is 0 Å². The number of fused-ring (bicyclic) bond motifs is 1. The molecule has 0 N–H and O–H groups in total. The first-order chi connectivity index (χ1) is 14.0. The van der Waals surface area contributed by atoms with Crippen LogP contribution in [0, 0.1) is 13.8 Å². The summed E-state index contributed by atoms with van der Waals surface area (Å²) in [7, 11) is 0. The Balaban J connectivity index is 1.29. The molecule has 9 heteroatoms. The lowest BCUT2D eigenvalue weighted by Crippen LogP contribution is -2.49. The molecule has 1 aromatic carbocycles. The number of ether oxygens (including phenoxy) is 1. The Morgan fingerprint density at radius 2 is 1.83 bits per heavy atom. The molecule has 29 heavy (non-hydrogen) atoms. The van der Waals surface area contributed by atoms with Crippen molar-refractivity contribution in [1.82, 2.24) is 29.4 Å². The van der Waals surface area contributed by atoms with Crippen molar-refractivity contribution >= 4 is 23.3 Å². The molecule has 1 aliphatic heterocycles. The summed E-state index contributed by atoms with van der Waals surface area (Å²) in [5.41, 5.74) is 1.76. The fraction of sp³-hybridized carbons (Fsp3) is 0.400. The molecule has 1 saturated heterocycles. The van der Waals surface area contributed by atoms with Crippen LogP contribution in [0.4, 0.5) is 0 Å². The zero-order valence-electron chi connectivity index (χ0n) is 16.5. The van der Waals surface area contributed by atoms with Gasteiger partial charge < -0.3 is 9.64 Å². The van der Waals surface area contributed by atoms with E-state index in [2.05, 4.69) is 20.0 Å². The Labute approximate surface area is 174 Å². The zero-order chi connectivity index (χ0) is 20.4. The van der Waals surface area contributed by atoms with Gasteiger partial charge in [-0.1, -0.05) is 11.6 Å². The predicted molar refractivity (Wildman–Crippen MR) is 110 cm³/mol. The standard InChI is InChI=1S/C20H23ClN6O2/c1-14-13-15(2)27-20(22-14)23-18(24-27)19(28)26-9-7-25(8-10-26)11-12-29-17-5-3-16(21)4-6-17/h3-6,13H,7-12H2,1-2H3. The van der Waals surface area contributed by atoms with Crippen LogP contribution in [0.1, 0.15) is 22.0 Å². The lowest BCUT2D eigenvalue weighted by Gasteiger charge is -2.34. The van der Waals surface area contributed by atoms with Gasteiger partial charge in [0, 0.05) is 49.1 Å². The van der Waals surface area contributed by atoms with E-state index in [1.165, 1.54) is 0 Å². The van der Waals surface area contributed by atoms with E-state index >= 15 is 0 Å². The maximum absolute atomic E-state index is 12.8. The molecule has 0 atom stereocenters. The third-order valence-electron chi connectivity index (χ3n) is 4.96. The van der Waals surface area contributed by atoms with Crippen LogP contribution in [0.5, 0.6) is 5.75 Å². The first kappa shape index (κ1) is 19.6. The molecule has 152 valence electrons. The van der Waals surface area contributed by atoms with Gasteiger partial charge in [0.05, 0.1) is 0 Å². The smallest absolute Gasteiger partial charge is 0.293 e. The second-order valence-corrected chi connectivity index (χ2v) is 7.56. The number of aromatic nitrogens is 4. The highest BCUT2D eigenvalue weighted by atomic mass is 35.5. The van der Waals surface area contributed by atoms with Crippen molar-refractivity contribution in [2.45, 2.75) is 13.8 Å². The fourth-order valence-electron chi connectivity index (χ4n) is 3.40. The van der Waals surface area contributed by atoms with Crippen LogP contribution in [-0.4, -0.2) is 74.6 Å². The Morgan fingerprint density at radius 1 is 1.10 bits per heavy atom. The summed E-state index contributed by atoms with van der Waals surface area (Å²) in [6.07, 6.45) is 0. The second-order valence-electron chi connectivity index (χ2n) is 7.12. The van der Waals surface area contributed by atoms with Crippen LogP contribution in [0.15, 0.2) is 30.3 Å². The van der Waals surface area contributed by atoms with Crippen molar-refractivity contribution in [2.24, 2.45) is 0 Å². The maximum Gasteiger partial charge on any atom is 0.293 e. The molecule has 3 heterocycles. The molecule has 0 bridgehead atoms. The van der Waals surface area contributed by atoms with E-state index in [-0.39, 0.29) is 11.7 Å². The summed E-state index contributed by atoms with van der Waals surface area (Å²) in [6.45, 7) is 8.09. The molecule has 3 aromatic rings. The van der Waals surface area contributed by atoms with Gasteiger partial charge in [0.25, 0.3) is 11.7 Å². The van der Waals surface area contributed by atoms with Crippen molar-refractivity contribution in [1.29, 1.82) is 0 Å². The average Bonchev–Trinajstić information content (AvgIpc) is 3.14. The zero-order valence-corrected chi connectivity index (χ0v) is 17.3. The number of amides is 1. The second kappa shape index (κ2) is 8.34. The number of rotatable bonds is 5. The van der Waals surface area contributed by atoms with E-state index in [1.807, 2.05) is 44.2 Å². The third-order valence-corrected chi connectivity index (χ3v) is 5.21. The van der Waals surface area contributed by atoms with E-state index in [0.717, 1.165) is 36.8 Å². The van der Waals surface area contributed by atoms with Crippen LogP contribution in [0.25, 0.3) is 5.78 Å². The highest BCUT2D eigenvalue weighted by molar-refractivity contribution is 6.30. The first-order valence-electron chi connectivity index (χ1n) is 9.60. The number of hydrogen-bond acceptors (Lipinski definition) is 6. The van der Waals surface area contributed by atoms with Gasteiger partial charge in [-0.05, 0) is 44.2 Å². The van der Waals surface area contributed by atoms with Gasteiger partial charge in [0.15, 0.2) is 0 Å². The Kier molecular flexibility index (Phi) is 5.64. The number of piperazine rings is 1. The van der Waals surface area contributed by atoms with E-state index < -0.39 is 0 Å². The molecule has 1 fully saturated rings. The Bertz CT molecular complexity index is 1010. The summed E-state index contributed by atoms with van der Waals surface area (Å²) in [5.74, 6) is 1.32. The van der Waals surface area contributed by atoms with Gasteiger partial charge >= 0.3 is 0 Å². The van der Waals surface area contributed by atoms with Crippen molar-refractivity contribution < 1.29 is 9.53 Å². The minimum absolute atomic E-state index is 0.149. The van der Waals surface area contributed by atoms with Gasteiger partial charge in [0.1, 0.15) is 12.4 Å². The summed E-state index contributed by atoms with van der Waals surface area (Å²) < 4.78 is 7.37. The summed E-state index contributed by atoms with van der Waals surface area (Å²) in [6, 6.07) is 9.26. The molecule has 0 aliphatic carbocycles. The Hall–Kier alpha value is -2.71. The van der Waals surface area contributed by atoms with E-state index in [9.17, 15) is 4.79 Å². The molecule has 0 spiro atoms. The van der Waals surface area contributed by atoms with E-state index in [4.69, 9.17) is 16.3 Å². The number of halogens is 1. The number of hydrogen-bond donors (Lipinski definition) is 0. The number of carbonyl (C=O) groups is 1. The predicted octanol–water partition coefficient (Wildman–Crippen LogP) is 2.23. The van der Waals surface area contributed by atoms with E-state index in [1.54, 1.807) is 9.42 Å². The largest absolute Gasteiger partial charge is 0.492 e. The average molecular weight is 415 g/mol. The minimum atomic E-state index is -0.149. The van der Waals surface area contributed by atoms with Crippen LogP contribution in [0.2, 0.25) is 5.02 Å². The van der Waals surface area contributed by atoms with Gasteiger partial charge in [-0.15, -0.1) is 5.10 Å². The number of benzene rings is 1. The summed E-state index contributed by atoms with van der Waals surface area (Å²) in [4.78, 5) is 25.6. The normalized spacial score (nSPS) is 15.1. The fourth-order valence-corrected chi connectivity index (χ4v) is 3.52. The molecule has 0 radical (unpaired) electrons. The molecule has 1 aliphatic rings. The molecule has 0 unspecified atom stereocenters. The molecule has 2 aromatic heterocycles. The van der Waals surface area contributed by atoms with Crippen LogP contribution >= 0.6 is 11.6 Å². The van der Waals surface area contributed by atoms with Gasteiger partial charge in [-0.2, -0.15) is 4.98 Å². The SMILES string of the molecule is Cc1cc(C)n2nc(C(=O)N3CCN(CCOc4ccc(Cl)cc4)CC3)nc2n1. The molecular formula is C20H23ClN6O2. The van der Waals surface area contributed by atoms with Crippen LogP contribution < -0.4 is 4.74 Å². The lowest BCUT2D eigenvalue weighted by molar-refractivity contribution is 0.0609. The highest BCUT2D eigenvalue weighted by Gasteiger charge is 2.25. The van der Waals surface area contributed by atoms with Crippen molar-refractivity contribution in [2.75, 3.05) is 39.3 Å². The minimum Gasteiger partial charge on any atom is -0.492 e. The van der Waals surface area contributed by atoms with Gasteiger partial charge in [0.2, 0.25) is 5.82 Å². The number of aryl methyl sites for hydroxylation is 2. The quantitative estimate of drug-likeness (QED) is 0.637. The maximum atomic E-state index is 12.8. The first-order valence-corrected chi connectivity index (χ1v) is 9.98. The van der Waals surface area contributed by atoms with Crippen molar-refractivity contribution in [3.8, 4) is 5.75 Å². The van der Waals surface area contributed by atoms with E-state index in [0.29, 0.717) is 30.5 Å². The number of nitrogens with zero attached hydrogens (tertiary/aromatic N) is 6. The molecule has 1 amide bonds. The Morgan fingerprint density at radius 3 is 2.55 bits per heavy atom. The lowest BCUT2D eigenvalue weighted by atomic mass is 10.3. The van der Waals surface area contributed by atoms with Crippen LogP contribution in [-0.2, 0) is 0 Å². The monoisotopic (exact) mass is 414 g/mol. The summed E-state index contributed by atoms with van der Waals surface area (Å²) >= 11 is 5.88. The molecule has 8 nitrogen and oxygen atoms in total. The molecule has 0 saturated carbocycles. The topological polar surface area (TPSA) is 75.9 Å². The molecule has 4 rings (SSSR count). The summed E-state index contributed by atoms with van der Waals surface area (Å²) in [5, 5.41) is 5.04. The van der Waals surface area contributed by atoms with Gasteiger partial charge in [-0.3, -0.25) is 9.69 Å². The van der Waals surface area contributed by atoms with Gasteiger partial charge in [-0.25, -0.2) is 9.50 Å². The number of carbonyl (C=O) groups excluding carboxylic acids is 1. The van der Waals surface area contributed by atoms with Crippen molar-refractivity contribution in [3.05, 3.63) is 52.6 Å².